The highest BCUT2D eigenvalue weighted by Gasteiger charge is 2.14. The van der Waals surface area contributed by atoms with Crippen molar-refractivity contribution in [2.45, 2.75) is 24.8 Å². The van der Waals surface area contributed by atoms with Gasteiger partial charge >= 0.3 is 0 Å². The summed E-state index contributed by atoms with van der Waals surface area (Å²) in [5.41, 5.74) is 0.503. The molecule has 1 aromatic heterocycles. The summed E-state index contributed by atoms with van der Waals surface area (Å²) in [4.78, 5) is 24.3. The largest absolute Gasteiger partial charge is 0.321 e. The molecule has 0 saturated carbocycles. The molecule has 1 heterocycles. The van der Waals surface area contributed by atoms with E-state index in [1.54, 1.807) is 36.4 Å². The SMILES string of the molecule is CCCn1nc(C(=O)Nc2cccc(NS(=O)(=O)c3ccccc3)c2)ccc1=O. The van der Waals surface area contributed by atoms with Gasteiger partial charge in [-0.05, 0) is 42.8 Å². The van der Waals surface area contributed by atoms with Crippen LogP contribution in [0.2, 0.25) is 0 Å². The molecule has 29 heavy (non-hydrogen) atoms. The fraction of sp³-hybridized carbons (Fsp3) is 0.150. The summed E-state index contributed by atoms with van der Waals surface area (Å²) in [6, 6.07) is 16.9. The molecule has 0 bridgehead atoms. The maximum Gasteiger partial charge on any atom is 0.276 e. The zero-order chi connectivity index (χ0) is 20.9. The molecule has 2 N–H and O–H groups in total. The van der Waals surface area contributed by atoms with Gasteiger partial charge in [0, 0.05) is 18.3 Å². The molecule has 9 heteroatoms. The predicted molar refractivity (Wildman–Crippen MR) is 110 cm³/mol. The van der Waals surface area contributed by atoms with Crippen LogP contribution in [0.1, 0.15) is 23.8 Å². The Bertz CT molecular complexity index is 1170. The number of rotatable bonds is 7. The number of benzene rings is 2. The van der Waals surface area contributed by atoms with Crippen molar-refractivity contribution >= 4 is 27.3 Å². The lowest BCUT2D eigenvalue weighted by molar-refractivity contribution is 0.101. The van der Waals surface area contributed by atoms with Gasteiger partial charge in [0.05, 0.1) is 10.6 Å². The first-order valence-electron chi connectivity index (χ1n) is 8.96. The number of carbonyl (C=O) groups is 1. The van der Waals surface area contributed by atoms with Crippen LogP contribution in [0.15, 0.2) is 76.4 Å². The third kappa shape index (κ3) is 5.08. The number of amides is 1. The molecule has 0 atom stereocenters. The van der Waals surface area contributed by atoms with Gasteiger partial charge in [0.25, 0.3) is 21.5 Å². The van der Waals surface area contributed by atoms with Crippen molar-refractivity contribution in [3.05, 3.63) is 82.8 Å². The van der Waals surface area contributed by atoms with E-state index in [9.17, 15) is 18.0 Å². The highest BCUT2D eigenvalue weighted by Crippen LogP contribution is 2.19. The van der Waals surface area contributed by atoms with Gasteiger partial charge < -0.3 is 5.32 Å². The van der Waals surface area contributed by atoms with Gasteiger partial charge in [0.2, 0.25) is 0 Å². The molecule has 2 aromatic carbocycles. The lowest BCUT2D eigenvalue weighted by atomic mass is 10.2. The van der Waals surface area contributed by atoms with E-state index in [0.717, 1.165) is 0 Å². The Morgan fingerprint density at radius 2 is 1.72 bits per heavy atom. The van der Waals surface area contributed by atoms with Crippen molar-refractivity contribution in [1.29, 1.82) is 0 Å². The van der Waals surface area contributed by atoms with Gasteiger partial charge in [-0.3, -0.25) is 14.3 Å². The second-order valence-electron chi connectivity index (χ2n) is 6.23. The molecule has 0 aliphatic heterocycles. The minimum Gasteiger partial charge on any atom is -0.321 e. The lowest BCUT2D eigenvalue weighted by Gasteiger charge is -2.11. The molecule has 0 spiro atoms. The Morgan fingerprint density at radius 3 is 2.45 bits per heavy atom. The van der Waals surface area contributed by atoms with E-state index in [2.05, 4.69) is 15.1 Å². The van der Waals surface area contributed by atoms with Gasteiger partial charge in [-0.15, -0.1) is 0 Å². The molecular weight excluding hydrogens is 392 g/mol. The number of anilines is 2. The van der Waals surface area contributed by atoms with Crippen LogP contribution in [0.25, 0.3) is 0 Å². The second-order valence-corrected chi connectivity index (χ2v) is 7.92. The van der Waals surface area contributed by atoms with Crippen molar-refractivity contribution in [1.82, 2.24) is 9.78 Å². The second kappa shape index (κ2) is 8.70. The standard InChI is InChI=1S/C20H20N4O4S/c1-2-13-24-19(25)12-11-18(22-24)20(26)21-15-7-6-8-16(14-15)23-29(27,28)17-9-4-3-5-10-17/h3-12,14,23H,2,13H2,1H3,(H,21,26). The topological polar surface area (TPSA) is 110 Å². The number of sulfonamides is 1. The normalized spacial score (nSPS) is 11.1. The van der Waals surface area contributed by atoms with Crippen LogP contribution in [0.3, 0.4) is 0 Å². The highest BCUT2D eigenvalue weighted by atomic mass is 32.2. The van der Waals surface area contributed by atoms with Crippen LogP contribution in [0, 0.1) is 0 Å². The van der Waals surface area contributed by atoms with Crippen LogP contribution in [-0.4, -0.2) is 24.1 Å². The quantitative estimate of drug-likeness (QED) is 0.620. The molecule has 0 radical (unpaired) electrons. The summed E-state index contributed by atoms with van der Waals surface area (Å²) >= 11 is 0. The third-order valence-corrected chi connectivity index (χ3v) is 5.36. The van der Waals surface area contributed by atoms with Gasteiger partial charge in [0.15, 0.2) is 0 Å². The van der Waals surface area contributed by atoms with E-state index < -0.39 is 15.9 Å². The zero-order valence-corrected chi connectivity index (χ0v) is 16.5. The minimum atomic E-state index is -3.74. The van der Waals surface area contributed by atoms with Crippen LogP contribution in [-0.2, 0) is 16.6 Å². The Morgan fingerprint density at radius 1 is 1.00 bits per heavy atom. The van der Waals surface area contributed by atoms with Crippen molar-refractivity contribution in [3.8, 4) is 0 Å². The summed E-state index contributed by atoms with van der Waals surface area (Å²) in [5, 5.41) is 6.72. The molecule has 0 aliphatic carbocycles. The Kier molecular flexibility index (Phi) is 6.08. The average Bonchev–Trinajstić information content (AvgIpc) is 2.70. The molecule has 3 aromatic rings. The molecule has 150 valence electrons. The molecule has 8 nitrogen and oxygen atoms in total. The number of hydrogen-bond donors (Lipinski definition) is 2. The number of aromatic nitrogens is 2. The summed E-state index contributed by atoms with van der Waals surface area (Å²) < 4.78 is 28.6. The van der Waals surface area contributed by atoms with Crippen molar-refractivity contribution in [2.75, 3.05) is 10.0 Å². The molecule has 0 saturated heterocycles. The Hall–Kier alpha value is -3.46. The van der Waals surface area contributed by atoms with Crippen molar-refractivity contribution < 1.29 is 13.2 Å². The Balaban J connectivity index is 1.77. The zero-order valence-electron chi connectivity index (χ0n) is 15.7. The summed E-state index contributed by atoms with van der Waals surface area (Å²) in [5.74, 6) is -0.502. The Labute approximate surface area is 168 Å². The van der Waals surface area contributed by atoms with Crippen LogP contribution in [0.4, 0.5) is 11.4 Å². The van der Waals surface area contributed by atoms with Crippen LogP contribution < -0.4 is 15.6 Å². The van der Waals surface area contributed by atoms with Crippen LogP contribution in [0.5, 0.6) is 0 Å². The van der Waals surface area contributed by atoms with E-state index in [1.165, 1.54) is 35.0 Å². The van der Waals surface area contributed by atoms with Crippen molar-refractivity contribution in [2.24, 2.45) is 0 Å². The maximum absolute atomic E-state index is 12.5. The van der Waals surface area contributed by atoms with Gasteiger partial charge in [-0.2, -0.15) is 5.10 Å². The monoisotopic (exact) mass is 412 g/mol. The van der Waals surface area contributed by atoms with Gasteiger partial charge in [-0.25, -0.2) is 13.1 Å². The molecule has 1 amide bonds. The van der Waals surface area contributed by atoms with E-state index in [4.69, 9.17) is 0 Å². The number of aryl methyl sites for hydroxylation is 1. The smallest absolute Gasteiger partial charge is 0.276 e. The molecular formula is C20H20N4O4S. The number of hydrogen-bond acceptors (Lipinski definition) is 5. The first kappa shape index (κ1) is 20.3. The first-order valence-corrected chi connectivity index (χ1v) is 10.4. The fourth-order valence-corrected chi connectivity index (χ4v) is 3.68. The minimum absolute atomic E-state index is 0.0910. The summed E-state index contributed by atoms with van der Waals surface area (Å²) in [7, 11) is -3.74. The molecule has 3 rings (SSSR count). The first-order chi connectivity index (χ1) is 13.9. The summed E-state index contributed by atoms with van der Waals surface area (Å²) in [6.45, 7) is 2.32. The van der Waals surface area contributed by atoms with Gasteiger partial charge in [0.1, 0.15) is 5.69 Å². The third-order valence-electron chi connectivity index (χ3n) is 3.96. The van der Waals surface area contributed by atoms with E-state index in [0.29, 0.717) is 24.3 Å². The average molecular weight is 412 g/mol. The maximum atomic E-state index is 12.5. The number of nitrogens with one attached hydrogen (secondary N) is 2. The number of carbonyl (C=O) groups excluding carboxylic acids is 1. The van der Waals surface area contributed by atoms with Crippen LogP contribution >= 0.6 is 0 Å². The predicted octanol–water partition coefficient (Wildman–Crippen LogP) is 2.71. The lowest BCUT2D eigenvalue weighted by Crippen LogP contribution is -2.26. The van der Waals surface area contributed by atoms with Gasteiger partial charge in [-0.1, -0.05) is 31.2 Å². The van der Waals surface area contributed by atoms with E-state index in [-0.39, 0.29) is 16.1 Å². The molecule has 0 unspecified atom stereocenters. The number of nitrogens with zero attached hydrogens (tertiary/aromatic N) is 2. The summed E-state index contributed by atoms with van der Waals surface area (Å²) in [6.07, 6.45) is 0.710. The molecule has 0 aliphatic rings. The van der Waals surface area contributed by atoms with E-state index >= 15 is 0 Å². The fourth-order valence-electron chi connectivity index (χ4n) is 2.61. The van der Waals surface area contributed by atoms with Crippen molar-refractivity contribution in [3.63, 3.8) is 0 Å². The molecule has 0 fully saturated rings. The van der Waals surface area contributed by atoms with E-state index in [1.807, 2.05) is 6.92 Å². The highest BCUT2D eigenvalue weighted by molar-refractivity contribution is 7.92.